The first-order valence-electron chi connectivity index (χ1n) is 8.03. The third-order valence-corrected chi connectivity index (χ3v) is 6.07. The molecule has 0 aromatic carbocycles. The first-order chi connectivity index (χ1) is 9.48. The van der Waals surface area contributed by atoms with Crippen LogP contribution in [0.15, 0.2) is 0 Å². The Morgan fingerprint density at radius 1 is 1.10 bits per heavy atom. The van der Waals surface area contributed by atoms with Crippen LogP contribution in [-0.4, -0.2) is 35.5 Å². The van der Waals surface area contributed by atoms with Crippen molar-refractivity contribution >= 4 is 5.97 Å². The van der Waals surface area contributed by atoms with E-state index in [9.17, 15) is 9.90 Å². The number of aliphatic carboxylic acids is 1. The molecule has 4 rings (SSSR count). The van der Waals surface area contributed by atoms with Crippen molar-refractivity contribution in [1.29, 1.82) is 0 Å². The standard InChI is InChI=1S/C16H24O4/c1-8-3-10(4-11-13(8)19-11)6-16(15(17)18)5-9(2)14-12(7-16)20-14/h8-14H,3-7H2,1-2H3,(H,17,18). The molecule has 112 valence electrons. The van der Waals surface area contributed by atoms with E-state index in [0.29, 0.717) is 36.1 Å². The predicted octanol–water partition coefficient (Wildman–Crippen LogP) is 2.46. The third-order valence-electron chi connectivity index (χ3n) is 6.07. The number of carbonyl (C=O) groups is 1. The zero-order chi connectivity index (χ0) is 14.1. The zero-order valence-electron chi connectivity index (χ0n) is 12.2. The minimum Gasteiger partial charge on any atom is -0.481 e. The van der Waals surface area contributed by atoms with E-state index in [1.54, 1.807) is 0 Å². The first kappa shape index (κ1) is 13.1. The van der Waals surface area contributed by atoms with E-state index in [0.717, 1.165) is 32.1 Å². The molecule has 1 N–H and O–H groups in total. The average Bonchev–Trinajstić information content (AvgIpc) is 3.20. The molecule has 8 unspecified atom stereocenters. The van der Waals surface area contributed by atoms with Crippen LogP contribution in [-0.2, 0) is 14.3 Å². The Hall–Kier alpha value is -0.610. The maximum absolute atomic E-state index is 11.9. The lowest BCUT2D eigenvalue weighted by Gasteiger charge is -2.38. The van der Waals surface area contributed by atoms with E-state index in [-0.39, 0.29) is 6.10 Å². The highest BCUT2D eigenvalue weighted by atomic mass is 16.6. The van der Waals surface area contributed by atoms with Crippen LogP contribution < -0.4 is 0 Å². The summed E-state index contributed by atoms with van der Waals surface area (Å²) in [4.78, 5) is 11.9. The maximum Gasteiger partial charge on any atom is 0.309 e. The van der Waals surface area contributed by atoms with Crippen LogP contribution in [0.3, 0.4) is 0 Å². The smallest absolute Gasteiger partial charge is 0.309 e. The monoisotopic (exact) mass is 280 g/mol. The van der Waals surface area contributed by atoms with E-state index in [4.69, 9.17) is 9.47 Å². The molecule has 20 heavy (non-hydrogen) atoms. The quantitative estimate of drug-likeness (QED) is 0.807. The Morgan fingerprint density at radius 3 is 2.45 bits per heavy atom. The van der Waals surface area contributed by atoms with Gasteiger partial charge in [0.15, 0.2) is 0 Å². The molecule has 2 saturated heterocycles. The molecule has 8 atom stereocenters. The number of epoxide rings is 2. The summed E-state index contributed by atoms with van der Waals surface area (Å²) in [6.07, 6.45) is 5.93. The van der Waals surface area contributed by atoms with E-state index in [1.165, 1.54) is 0 Å². The van der Waals surface area contributed by atoms with Crippen LogP contribution in [0.4, 0.5) is 0 Å². The summed E-state index contributed by atoms with van der Waals surface area (Å²) >= 11 is 0. The Kier molecular flexibility index (Phi) is 2.75. The maximum atomic E-state index is 11.9. The van der Waals surface area contributed by atoms with Crippen molar-refractivity contribution in [2.45, 2.75) is 70.4 Å². The summed E-state index contributed by atoms with van der Waals surface area (Å²) in [6.45, 7) is 4.39. The van der Waals surface area contributed by atoms with Crippen molar-refractivity contribution in [3.8, 4) is 0 Å². The molecule has 2 aliphatic carbocycles. The van der Waals surface area contributed by atoms with Crippen molar-refractivity contribution < 1.29 is 19.4 Å². The van der Waals surface area contributed by atoms with Gasteiger partial charge >= 0.3 is 5.97 Å². The molecule has 0 amide bonds. The lowest BCUT2D eigenvalue weighted by atomic mass is 9.63. The summed E-state index contributed by atoms with van der Waals surface area (Å²) in [5.41, 5.74) is -0.552. The Bertz CT molecular complexity index is 436. The minimum atomic E-state index is -0.607. The van der Waals surface area contributed by atoms with Gasteiger partial charge < -0.3 is 14.6 Å². The van der Waals surface area contributed by atoms with Gasteiger partial charge in [0.1, 0.15) is 0 Å². The van der Waals surface area contributed by atoms with Crippen LogP contribution in [0.25, 0.3) is 0 Å². The van der Waals surface area contributed by atoms with Gasteiger partial charge in [-0.2, -0.15) is 0 Å². The molecule has 2 aliphatic heterocycles. The van der Waals surface area contributed by atoms with E-state index in [2.05, 4.69) is 13.8 Å². The van der Waals surface area contributed by atoms with Gasteiger partial charge in [0, 0.05) is 0 Å². The van der Waals surface area contributed by atoms with Crippen molar-refractivity contribution in [3.05, 3.63) is 0 Å². The molecular formula is C16H24O4. The predicted molar refractivity (Wildman–Crippen MR) is 72.3 cm³/mol. The van der Waals surface area contributed by atoms with Gasteiger partial charge in [-0.3, -0.25) is 4.79 Å². The van der Waals surface area contributed by atoms with Gasteiger partial charge in [-0.05, 0) is 49.9 Å². The van der Waals surface area contributed by atoms with E-state index in [1.807, 2.05) is 0 Å². The molecular weight excluding hydrogens is 256 g/mol. The molecule has 0 radical (unpaired) electrons. The molecule has 4 aliphatic rings. The fraction of sp³-hybridized carbons (Fsp3) is 0.938. The minimum absolute atomic E-state index is 0.209. The summed E-state index contributed by atoms with van der Waals surface area (Å²) < 4.78 is 11.3. The fourth-order valence-electron chi connectivity index (χ4n) is 5.10. The number of hydrogen-bond acceptors (Lipinski definition) is 3. The first-order valence-corrected chi connectivity index (χ1v) is 8.03. The number of carboxylic acids is 1. The van der Waals surface area contributed by atoms with Crippen LogP contribution >= 0.6 is 0 Å². The lowest BCUT2D eigenvalue weighted by Crippen LogP contribution is -2.41. The van der Waals surface area contributed by atoms with Gasteiger partial charge in [0.2, 0.25) is 0 Å². The van der Waals surface area contributed by atoms with E-state index < -0.39 is 11.4 Å². The van der Waals surface area contributed by atoms with E-state index >= 15 is 0 Å². The van der Waals surface area contributed by atoms with Gasteiger partial charge in [0.25, 0.3) is 0 Å². The Balaban J connectivity index is 1.50. The highest BCUT2D eigenvalue weighted by molar-refractivity contribution is 5.75. The molecule has 0 aromatic heterocycles. The molecule has 0 spiro atoms. The van der Waals surface area contributed by atoms with Gasteiger partial charge in [-0.25, -0.2) is 0 Å². The van der Waals surface area contributed by atoms with Crippen LogP contribution in [0, 0.1) is 23.2 Å². The largest absolute Gasteiger partial charge is 0.481 e. The molecule has 0 bridgehead atoms. The summed E-state index contributed by atoms with van der Waals surface area (Å²) in [5, 5.41) is 9.83. The molecule has 0 aromatic rings. The normalized spacial score (nSPS) is 56.6. The highest BCUT2D eigenvalue weighted by Crippen LogP contribution is 2.55. The topological polar surface area (TPSA) is 62.4 Å². The van der Waals surface area contributed by atoms with Crippen molar-refractivity contribution in [3.63, 3.8) is 0 Å². The number of rotatable bonds is 3. The number of hydrogen-bond donors (Lipinski definition) is 1. The second kappa shape index (κ2) is 4.20. The Labute approximate surface area is 119 Å². The number of fused-ring (bicyclic) bond motifs is 2. The van der Waals surface area contributed by atoms with Gasteiger partial charge in [0.05, 0.1) is 29.8 Å². The lowest BCUT2D eigenvalue weighted by molar-refractivity contribution is -0.153. The molecule has 4 heteroatoms. The highest BCUT2D eigenvalue weighted by Gasteiger charge is 2.59. The summed E-state index contributed by atoms with van der Waals surface area (Å²) in [6, 6.07) is 0. The van der Waals surface area contributed by atoms with Crippen molar-refractivity contribution in [2.24, 2.45) is 23.2 Å². The summed E-state index contributed by atoms with van der Waals surface area (Å²) in [7, 11) is 0. The third kappa shape index (κ3) is 2.00. The molecule has 2 heterocycles. The molecule has 4 fully saturated rings. The number of ether oxygens (including phenoxy) is 2. The van der Waals surface area contributed by atoms with Crippen LogP contribution in [0.2, 0.25) is 0 Å². The SMILES string of the molecule is CC1CC(CC2(C(=O)O)CC(C)C3OC3C2)CC2OC12. The van der Waals surface area contributed by atoms with Gasteiger partial charge in [-0.1, -0.05) is 13.8 Å². The van der Waals surface area contributed by atoms with Crippen LogP contribution in [0.1, 0.15) is 46.0 Å². The molecule has 2 saturated carbocycles. The summed E-state index contributed by atoms with van der Waals surface area (Å²) in [5.74, 6) is 0.878. The second-order valence-corrected chi connectivity index (χ2v) is 7.77. The van der Waals surface area contributed by atoms with Crippen molar-refractivity contribution in [2.75, 3.05) is 0 Å². The van der Waals surface area contributed by atoms with Gasteiger partial charge in [-0.15, -0.1) is 0 Å². The number of carboxylic acid groups (broad SMARTS) is 1. The Morgan fingerprint density at radius 2 is 1.80 bits per heavy atom. The molecule has 4 nitrogen and oxygen atoms in total. The van der Waals surface area contributed by atoms with Crippen LogP contribution in [0.5, 0.6) is 0 Å². The zero-order valence-corrected chi connectivity index (χ0v) is 12.2. The second-order valence-electron chi connectivity index (χ2n) is 7.77. The average molecular weight is 280 g/mol. The fourth-order valence-corrected chi connectivity index (χ4v) is 5.10. The van der Waals surface area contributed by atoms with Crippen molar-refractivity contribution in [1.82, 2.24) is 0 Å².